The van der Waals surface area contributed by atoms with Gasteiger partial charge in [-0.2, -0.15) is 0 Å². The Morgan fingerprint density at radius 3 is 2.13 bits per heavy atom. The van der Waals surface area contributed by atoms with Crippen LogP contribution in [0.4, 0.5) is 0 Å². The van der Waals surface area contributed by atoms with E-state index in [4.69, 9.17) is 0 Å². The lowest BCUT2D eigenvalue weighted by atomic mass is 9.86. The third kappa shape index (κ3) is 3.52. The summed E-state index contributed by atoms with van der Waals surface area (Å²) in [4.78, 5) is 0. The molecule has 1 N–H and O–H groups in total. The smallest absolute Gasteiger partial charge is 0.0650 e. The number of aliphatic hydroxyl groups excluding tert-OH is 1. The lowest BCUT2D eigenvalue weighted by Gasteiger charge is -2.21. The average Bonchev–Trinajstić information content (AvgIpc) is 2.15. The molecule has 0 atom stereocenters. The zero-order valence-electron chi connectivity index (χ0n) is 10.0. The van der Waals surface area contributed by atoms with E-state index in [1.54, 1.807) is 0 Å². The summed E-state index contributed by atoms with van der Waals surface area (Å²) in [6, 6.07) is 8.33. The molecule has 0 aliphatic heterocycles. The molecule has 1 rings (SSSR count). The minimum absolute atomic E-state index is 0.0274. The van der Waals surface area contributed by atoms with Gasteiger partial charge in [0.25, 0.3) is 0 Å². The SMILES string of the molecule is Cc1ccc(/C=C(\CO)C(C)(C)C)cc1. The molecule has 0 fully saturated rings. The van der Waals surface area contributed by atoms with Crippen LogP contribution in [0.15, 0.2) is 29.8 Å². The summed E-state index contributed by atoms with van der Waals surface area (Å²) in [6.07, 6.45) is 2.07. The molecule has 0 saturated heterocycles. The second-order valence-corrected chi connectivity index (χ2v) is 4.99. The fraction of sp³-hybridized carbons (Fsp3) is 0.429. The maximum Gasteiger partial charge on any atom is 0.0650 e. The van der Waals surface area contributed by atoms with Gasteiger partial charge in [0.2, 0.25) is 0 Å². The van der Waals surface area contributed by atoms with Crippen molar-refractivity contribution in [1.82, 2.24) is 0 Å². The van der Waals surface area contributed by atoms with Crippen molar-refractivity contribution in [2.45, 2.75) is 27.7 Å². The molecule has 0 heterocycles. The van der Waals surface area contributed by atoms with Crippen LogP contribution in [0.25, 0.3) is 6.08 Å². The maximum atomic E-state index is 9.31. The van der Waals surface area contributed by atoms with Crippen molar-refractivity contribution in [2.24, 2.45) is 5.41 Å². The third-order valence-electron chi connectivity index (χ3n) is 2.55. The molecule has 0 spiro atoms. The van der Waals surface area contributed by atoms with Crippen LogP contribution in [-0.2, 0) is 0 Å². The molecule has 1 aromatic rings. The second-order valence-electron chi connectivity index (χ2n) is 4.99. The van der Waals surface area contributed by atoms with E-state index in [1.807, 2.05) is 0 Å². The second kappa shape index (κ2) is 4.63. The van der Waals surface area contributed by atoms with Crippen LogP contribution in [-0.4, -0.2) is 11.7 Å². The highest BCUT2D eigenvalue weighted by molar-refractivity contribution is 5.54. The summed E-state index contributed by atoms with van der Waals surface area (Å²) in [5, 5.41) is 9.31. The molecule has 15 heavy (non-hydrogen) atoms. The Morgan fingerprint density at radius 1 is 1.20 bits per heavy atom. The van der Waals surface area contributed by atoms with Gasteiger partial charge in [0, 0.05) is 0 Å². The molecule has 0 amide bonds. The van der Waals surface area contributed by atoms with Crippen molar-refractivity contribution in [2.75, 3.05) is 6.61 Å². The summed E-state index contributed by atoms with van der Waals surface area (Å²) < 4.78 is 0. The Hall–Kier alpha value is -1.08. The first-order valence-corrected chi connectivity index (χ1v) is 5.32. The van der Waals surface area contributed by atoms with E-state index < -0.39 is 0 Å². The Bertz CT molecular complexity index is 339. The van der Waals surface area contributed by atoms with Gasteiger partial charge in [-0.05, 0) is 23.5 Å². The predicted molar refractivity (Wildman–Crippen MR) is 65.7 cm³/mol. The third-order valence-corrected chi connectivity index (χ3v) is 2.55. The maximum absolute atomic E-state index is 9.31. The first kappa shape index (κ1) is 12.0. The van der Waals surface area contributed by atoms with E-state index in [2.05, 4.69) is 58.0 Å². The van der Waals surface area contributed by atoms with Gasteiger partial charge in [-0.1, -0.05) is 56.7 Å². The van der Waals surface area contributed by atoms with Crippen molar-refractivity contribution >= 4 is 6.08 Å². The zero-order chi connectivity index (χ0) is 11.5. The minimum atomic E-state index is 0.0274. The Morgan fingerprint density at radius 2 is 1.73 bits per heavy atom. The lowest BCUT2D eigenvalue weighted by molar-refractivity contribution is 0.298. The molecule has 0 aliphatic carbocycles. The molecule has 1 heteroatoms. The summed E-state index contributed by atoms with van der Waals surface area (Å²) in [7, 11) is 0. The summed E-state index contributed by atoms with van der Waals surface area (Å²) in [5.41, 5.74) is 3.50. The van der Waals surface area contributed by atoms with Crippen LogP contribution in [0.1, 0.15) is 31.9 Å². The van der Waals surface area contributed by atoms with E-state index in [9.17, 15) is 5.11 Å². The van der Waals surface area contributed by atoms with E-state index in [0.29, 0.717) is 0 Å². The van der Waals surface area contributed by atoms with Gasteiger partial charge in [0.15, 0.2) is 0 Å². The molecule has 1 nitrogen and oxygen atoms in total. The van der Waals surface area contributed by atoms with Crippen LogP contribution in [0.5, 0.6) is 0 Å². The molecular weight excluding hydrogens is 184 g/mol. The highest BCUT2D eigenvalue weighted by Gasteiger charge is 2.15. The van der Waals surface area contributed by atoms with Crippen LogP contribution in [0, 0.1) is 12.3 Å². The van der Waals surface area contributed by atoms with Gasteiger partial charge in [0.1, 0.15) is 0 Å². The number of rotatable bonds is 2. The number of aliphatic hydroxyl groups is 1. The van der Waals surface area contributed by atoms with Crippen molar-refractivity contribution in [3.8, 4) is 0 Å². The van der Waals surface area contributed by atoms with Gasteiger partial charge in [-0.25, -0.2) is 0 Å². The van der Waals surface area contributed by atoms with Crippen LogP contribution >= 0.6 is 0 Å². The number of hydrogen-bond donors (Lipinski definition) is 1. The Balaban J connectivity index is 2.99. The predicted octanol–water partition coefficient (Wildman–Crippen LogP) is 3.42. The van der Waals surface area contributed by atoms with Crippen molar-refractivity contribution in [3.63, 3.8) is 0 Å². The van der Waals surface area contributed by atoms with Crippen molar-refractivity contribution < 1.29 is 5.11 Å². The largest absolute Gasteiger partial charge is 0.392 e. The fourth-order valence-corrected chi connectivity index (χ4v) is 1.36. The van der Waals surface area contributed by atoms with Gasteiger partial charge < -0.3 is 5.11 Å². The van der Waals surface area contributed by atoms with E-state index in [1.165, 1.54) is 5.56 Å². The molecule has 0 saturated carbocycles. The summed E-state index contributed by atoms with van der Waals surface area (Å²) in [6.45, 7) is 8.54. The topological polar surface area (TPSA) is 20.2 Å². The molecule has 0 bridgehead atoms. The van der Waals surface area contributed by atoms with Gasteiger partial charge >= 0.3 is 0 Å². The van der Waals surface area contributed by atoms with Crippen LogP contribution < -0.4 is 0 Å². The molecule has 1 aromatic carbocycles. The van der Waals surface area contributed by atoms with Gasteiger partial charge in [0.05, 0.1) is 6.61 Å². The summed E-state index contributed by atoms with van der Waals surface area (Å²) in [5.74, 6) is 0. The van der Waals surface area contributed by atoms with Gasteiger partial charge in [-0.3, -0.25) is 0 Å². The number of hydrogen-bond acceptors (Lipinski definition) is 1. The van der Waals surface area contributed by atoms with Crippen molar-refractivity contribution in [1.29, 1.82) is 0 Å². The molecule has 0 unspecified atom stereocenters. The molecule has 0 aromatic heterocycles. The highest BCUT2D eigenvalue weighted by atomic mass is 16.3. The Kier molecular flexibility index (Phi) is 3.70. The zero-order valence-corrected chi connectivity index (χ0v) is 10.0. The summed E-state index contributed by atoms with van der Waals surface area (Å²) >= 11 is 0. The fourth-order valence-electron chi connectivity index (χ4n) is 1.36. The van der Waals surface area contributed by atoms with E-state index in [-0.39, 0.29) is 12.0 Å². The molecular formula is C14H20O. The van der Waals surface area contributed by atoms with Gasteiger partial charge in [-0.15, -0.1) is 0 Å². The first-order chi connectivity index (χ1) is 6.93. The van der Waals surface area contributed by atoms with E-state index >= 15 is 0 Å². The van der Waals surface area contributed by atoms with Crippen LogP contribution in [0.3, 0.4) is 0 Å². The van der Waals surface area contributed by atoms with Crippen LogP contribution in [0.2, 0.25) is 0 Å². The monoisotopic (exact) mass is 204 g/mol. The van der Waals surface area contributed by atoms with Crippen molar-refractivity contribution in [3.05, 3.63) is 41.0 Å². The average molecular weight is 204 g/mol. The number of benzene rings is 1. The molecule has 82 valence electrons. The number of aryl methyl sites for hydroxylation is 1. The molecule has 0 radical (unpaired) electrons. The standard InChI is InChI=1S/C14H20O/c1-11-5-7-12(8-6-11)9-13(10-15)14(2,3)4/h5-9,15H,10H2,1-4H3/b13-9+. The lowest BCUT2D eigenvalue weighted by Crippen LogP contribution is -2.12. The quantitative estimate of drug-likeness (QED) is 0.782. The normalized spacial score (nSPS) is 13.0. The van der Waals surface area contributed by atoms with E-state index in [0.717, 1.165) is 11.1 Å². The minimum Gasteiger partial charge on any atom is -0.392 e. The Labute approximate surface area is 92.5 Å². The molecule has 0 aliphatic rings. The first-order valence-electron chi connectivity index (χ1n) is 5.32. The highest BCUT2D eigenvalue weighted by Crippen LogP contribution is 2.26.